The zero-order valence-electron chi connectivity index (χ0n) is 37.5. The number of anilines is 3. The number of nitrogens with two attached hydrogens (primary N) is 3. The standard InChI is InChI=1S/C28H35FN6O2.C21H27N5O2/c29-22-8-7-18(11-24(22)33-13-17-9-10-37-27(17)16-33)35-19-5-6-20(35)15-34(14-19)25(28(31)32)12-23(30)21-3-1-2-4-26(21)36;1-14-13-26(16-10-21(11-16)4-7-24(2)8-5-21)19-17(14)9-15(12-22-19)25-6-3-18(27)23-20(25)28/h1-4,7-8,11-12,17,19-20,27,36H,5-6,9-10,13-16,30-32H2;9,12-13,16H,3-8,10-11H2,1-2H3,(H,23,27,28)/b23-12-;. The van der Waals surface area contributed by atoms with Crippen molar-refractivity contribution in [2.45, 2.75) is 82.5 Å². The summed E-state index contributed by atoms with van der Waals surface area (Å²) in [6.45, 7) is 8.79. The quantitative estimate of drug-likeness (QED) is 0.150. The average Bonchev–Trinajstić information content (AvgIpc) is 4.04. The number of hydrogen-bond acceptors (Lipinski definition) is 12. The molecular weight excluding hydrogens is 826 g/mol. The zero-order valence-corrected chi connectivity index (χ0v) is 37.5. The molecule has 1 aliphatic carbocycles. The summed E-state index contributed by atoms with van der Waals surface area (Å²) >= 11 is 0. The molecule has 3 amide bonds. The molecule has 0 radical (unpaired) electrons. The fourth-order valence-corrected chi connectivity index (χ4v) is 11.8. The van der Waals surface area contributed by atoms with E-state index in [0.29, 0.717) is 53.0 Å². The molecule has 7 fully saturated rings. The van der Waals surface area contributed by atoms with Crippen molar-refractivity contribution in [1.29, 1.82) is 0 Å². The summed E-state index contributed by atoms with van der Waals surface area (Å²) in [5.41, 5.74) is 25.4. The number of amides is 3. The van der Waals surface area contributed by atoms with Crippen molar-refractivity contribution in [3.63, 3.8) is 0 Å². The Balaban J connectivity index is 0.000000159. The van der Waals surface area contributed by atoms with Crippen LogP contribution in [0.2, 0.25) is 0 Å². The maximum Gasteiger partial charge on any atom is 0.328 e. The van der Waals surface area contributed by atoms with Crippen molar-refractivity contribution in [3.8, 4) is 5.75 Å². The van der Waals surface area contributed by atoms with Gasteiger partial charge in [0.2, 0.25) is 5.91 Å². The lowest BCUT2D eigenvalue weighted by molar-refractivity contribution is -0.120. The summed E-state index contributed by atoms with van der Waals surface area (Å²) in [4.78, 5) is 39.1. The van der Waals surface area contributed by atoms with E-state index in [0.717, 1.165) is 74.5 Å². The summed E-state index contributed by atoms with van der Waals surface area (Å²) in [6.07, 6.45) is 14.5. The van der Waals surface area contributed by atoms with Gasteiger partial charge in [0, 0.05) is 98.3 Å². The van der Waals surface area contributed by atoms with Crippen LogP contribution in [-0.4, -0.2) is 114 Å². The van der Waals surface area contributed by atoms with E-state index < -0.39 is 0 Å². The Hall–Kier alpha value is -6.00. The van der Waals surface area contributed by atoms with Gasteiger partial charge in [0.25, 0.3) is 0 Å². The molecule has 2 aromatic carbocycles. The smallest absolute Gasteiger partial charge is 0.328 e. The highest BCUT2D eigenvalue weighted by Crippen LogP contribution is 2.55. The van der Waals surface area contributed by atoms with Crippen molar-refractivity contribution in [1.82, 2.24) is 24.7 Å². The van der Waals surface area contributed by atoms with E-state index in [2.05, 4.69) is 49.7 Å². The van der Waals surface area contributed by atoms with Crippen LogP contribution in [0.3, 0.4) is 0 Å². The Morgan fingerprint density at radius 2 is 1.69 bits per heavy atom. The molecule has 6 aliphatic heterocycles. The SMILES string of the molecule is Cc1cn(C2CC3(CCN(C)CC3)C2)c2ncc(N3CCC(=O)NC3=O)cc12.NC(N)=C(/C=C(\N)c1ccccc1O)N1CC2CCC(C1)N2c1ccc(F)c(N2CC3CCOC3C2)c1. The van der Waals surface area contributed by atoms with E-state index in [-0.39, 0.29) is 47.5 Å². The molecule has 2 bridgehead atoms. The van der Waals surface area contributed by atoms with Gasteiger partial charge in [0.15, 0.2) is 0 Å². The first kappa shape index (κ1) is 42.9. The number of nitrogens with zero attached hydrogens (tertiary/aromatic N) is 7. The molecule has 11 rings (SSSR count). The van der Waals surface area contributed by atoms with Gasteiger partial charge in [0.1, 0.15) is 23.0 Å². The van der Waals surface area contributed by atoms with Gasteiger partial charge in [-0.3, -0.25) is 15.0 Å². The third-order valence-electron chi connectivity index (χ3n) is 15.4. The number of allylic oxidation sites excluding steroid dienone is 1. The Labute approximate surface area is 379 Å². The number of aryl methyl sites for hydroxylation is 1. The van der Waals surface area contributed by atoms with Crippen molar-refractivity contribution in [2.24, 2.45) is 28.5 Å². The maximum atomic E-state index is 14.9. The van der Waals surface area contributed by atoms with E-state index in [9.17, 15) is 19.1 Å². The van der Waals surface area contributed by atoms with E-state index in [1.54, 1.807) is 41.4 Å². The van der Waals surface area contributed by atoms with Gasteiger partial charge >= 0.3 is 6.03 Å². The first-order valence-electron chi connectivity index (χ1n) is 23.3. The second-order valence-corrected chi connectivity index (χ2v) is 19.6. The Bertz CT molecular complexity index is 2510. The normalized spacial score (nSPS) is 25.4. The van der Waals surface area contributed by atoms with Crippen LogP contribution in [0.4, 0.5) is 26.2 Å². The van der Waals surface area contributed by atoms with Crippen molar-refractivity contribution < 1.29 is 23.8 Å². The summed E-state index contributed by atoms with van der Waals surface area (Å²) in [5, 5.41) is 13.7. The Kier molecular flexibility index (Phi) is 11.3. The number of imide groups is 1. The van der Waals surface area contributed by atoms with Crippen molar-refractivity contribution in [2.75, 3.05) is 74.2 Å². The molecule has 15 nitrogen and oxygen atoms in total. The van der Waals surface area contributed by atoms with Crippen LogP contribution in [0.15, 0.2) is 78.5 Å². The molecule has 4 atom stereocenters. The first-order chi connectivity index (χ1) is 31.3. The highest BCUT2D eigenvalue weighted by molar-refractivity contribution is 6.06. The van der Waals surface area contributed by atoms with Gasteiger partial charge in [-0.05, 0) is 125 Å². The molecule has 344 valence electrons. The number of pyridine rings is 1. The maximum absolute atomic E-state index is 14.9. The molecule has 16 heteroatoms. The highest BCUT2D eigenvalue weighted by Gasteiger charge is 2.47. The number of carbonyl (C=O) groups excluding carboxylic acids is 2. The number of piperazine rings is 1. The number of piperidine rings is 1. The minimum atomic E-state index is -0.363. The number of hydrogen-bond donors (Lipinski definition) is 5. The van der Waals surface area contributed by atoms with Crippen molar-refractivity contribution >= 4 is 45.7 Å². The van der Waals surface area contributed by atoms with E-state index in [1.807, 2.05) is 24.3 Å². The highest BCUT2D eigenvalue weighted by atomic mass is 19.1. The number of phenolic OH excluding ortho intramolecular Hbond substituents is 1. The third kappa shape index (κ3) is 8.19. The van der Waals surface area contributed by atoms with Crippen LogP contribution < -0.4 is 37.2 Å². The number of para-hydroxylation sites is 1. The van der Waals surface area contributed by atoms with Crippen LogP contribution >= 0.6 is 0 Å². The van der Waals surface area contributed by atoms with Gasteiger partial charge in [-0.2, -0.15) is 0 Å². The predicted octanol–water partition coefficient (Wildman–Crippen LogP) is 5.33. The number of aromatic nitrogens is 2. The molecule has 4 unspecified atom stereocenters. The monoisotopic (exact) mass is 887 g/mol. The van der Waals surface area contributed by atoms with Crippen LogP contribution in [0.1, 0.15) is 68.5 Å². The summed E-state index contributed by atoms with van der Waals surface area (Å²) in [6, 6.07) is 15.1. The number of fused-ring (bicyclic) bond motifs is 4. The number of ether oxygens (including phenoxy) is 1. The number of carbonyl (C=O) groups is 2. The lowest BCUT2D eigenvalue weighted by Gasteiger charge is -2.52. The Morgan fingerprint density at radius 1 is 0.938 bits per heavy atom. The minimum absolute atomic E-state index is 0.108. The lowest BCUT2D eigenvalue weighted by Crippen LogP contribution is -2.54. The fraction of sp³-hybridized carbons (Fsp3) is 0.490. The molecule has 8 N–H and O–H groups in total. The van der Waals surface area contributed by atoms with Crippen LogP contribution in [0.5, 0.6) is 5.75 Å². The second kappa shape index (κ2) is 17.1. The number of urea groups is 1. The van der Waals surface area contributed by atoms with Crippen molar-refractivity contribution in [3.05, 3.63) is 95.5 Å². The Morgan fingerprint density at radius 3 is 2.40 bits per heavy atom. The number of benzene rings is 2. The first-order valence-corrected chi connectivity index (χ1v) is 23.3. The van der Waals surface area contributed by atoms with E-state index in [4.69, 9.17) is 26.9 Å². The number of aromatic hydroxyl groups is 1. The number of phenols is 1. The number of halogens is 1. The van der Waals surface area contributed by atoms with E-state index >= 15 is 0 Å². The largest absolute Gasteiger partial charge is 0.507 e. The second-order valence-electron chi connectivity index (χ2n) is 19.6. The van der Waals surface area contributed by atoms with Gasteiger partial charge in [-0.25, -0.2) is 14.2 Å². The topological polar surface area (TPSA) is 188 Å². The predicted molar refractivity (Wildman–Crippen MR) is 250 cm³/mol. The van der Waals surface area contributed by atoms with Crippen LogP contribution in [0.25, 0.3) is 16.7 Å². The fourth-order valence-electron chi connectivity index (χ4n) is 11.8. The molecule has 65 heavy (non-hydrogen) atoms. The van der Waals surface area contributed by atoms with Crippen LogP contribution in [0, 0.1) is 24.1 Å². The lowest BCUT2D eigenvalue weighted by atomic mass is 9.60. The molecule has 6 saturated heterocycles. The minimum Gasteiger partial charge on any atom is -0.507 e. The van der Waals surface area contributed by atoms with Gasteiger partial charge in [-0.1, -0.05) is 12.1 Å². The van der Waals surface area contributed by atoms with Gasteiger partial charge < -0.3 is 51.2 Å². The molecule has 7 aliphatic rings. The third-order valence-corrected chi connectivity index (χ3v) is 15.4. The summed E-state index contributed by atoms with van der Waals surface area (Å²) in [5.74, 6) is 0.396. The van der Waals surface area contributed by atoms with Crippen LogP contribution in [-0.2, 0) is 9.53 Å². The summed E-state index contributed by atoms with van der Waals surface area (Å²) < 4.78 is 23.1. The molecule has 2 aromatic heterocycles. The molecular formula is C49H62FN11O4. The molecule has 8 heterocycles. The van der Waals surface area contributed by atoms with Gasteiger partial charge in [-0.15, -0.1) is 0 Å². The number of likely N-dealkylation sites (tertiary alicyclic amines) is 2. The number of nitrogens with one attached hydrogen (secondary N) is 1. The molecule has 4 aromatic rings. The zero-order chi connectivity index (χ0) is 45.1. The number of rotatable bonds is 7. The van der Waals surface area contributed by atoms with E-state index in [1.165, 1.54) is 44.3 Å². The molecule has 1 spiro atoms. The average molecular weight is 888 g/mol. The summed E-state index contributed by atoms with van der Waals surface area (Å²) in [7, 11) is 2.21. The molecule has 1 saturated carbocycles. The van der Waals surface area contributed by atoms with Gasteiger partial charge in [0.05, 0.1) is 29.4 Å².